The molecule has 0 fully saturated rings. The molecule has 0 aromatic carbocycles. The van der Waals surface area contributed by atoms with Crippen molar-refractivity contribution in [2.75, 3.05) is 19.8 Å². The zero-order chi connectivity index (χ0) is 11.0. The Bertz CT molecular complexity index is 160. The number of aliphatic hydroxyl groups excluding tert-OH is 2. The molecule has 0 heterocycles. The van der Waals surface area contributed by atoms with E-state index in [1.54, 1.807) is 0 Å². The fourth-order valence-electron chi connectivity index (χ4n) is 0.944. The van der Waals surface area contributed by atoms with E-state index >= 15 is 0 Å². The van der Waals surface area contributed by atoms with Gasteiger partial charge in [-0.05, 0) is 18.9 Å². The van der Waals surface area contributed by atoms with Gasteiger partial charge >= 0.3 is 0 Å². The van der Waals surface area contributed by atoms with Crippen LogP contribution in [-0.4, -0.2) is 41.9 Å². The first-order valence-corrected chi connectivity index (χ1v) is 4.85. The minimum absolute atomic E-state index is 0.154. The Kier molecular flexibility index (Phi) is 7.37. The Hall–Kier alpha value is -0.650. The average Bonchev–Trinajstić information content (AvgIpc) is 2.22. The van der Waals surface area contributed by atoms with Crippen LogP contribution in [0.15, 0.2) is 0 Å². The predicted molar refractivity (Wildman–Crippen MR) is 53.6 cm³/mol. The lowest BCUT2D eigenvalue weighted by molar-refractivity contribution is -0.122. The number of aliphatic hydroxyl groups is 2. The van der Waals surface area contributed by atoms with Crippen LogP contribution in [-0.2, 0) is 4.79 Å². The fourth-order valence-corrected chi connectivity index (χ4v) is 0.944. The van der Waals surface area contributed by atoms with Gasteiger partial charge in [-0.3, -0.25) is 4.79 Å². The largest absolute Gasteiger partial charge is 0.394 e. The minimum atomic E-state index is -0.546. The number of nitrogens with two attached hydrogens (primary N) is 1. The molecule has 0 spiro atoms. The highest BCUT2D eigenvalue weighted by Gasteiger charge is 2.10. The van der Waals surface area contributed by atoms with Crippen LogP contribution >= 0.6 is 0 Å². The molecule has 1 unspecified atom stereocenters. The Labute approximate surface area is 84.3 Å². The normalized spacial score (nSPS) is 12.9. The van der Waals surface area contributed by atoms with E-state index in [1.807, 2.05) is 6.92 Å². The summed E-state index contributed by atoms with van der Waals surface area (Å²) >= 11 is 0. The van der Waals surface area contributed by atoms with Crippen LogP contribution in [0.1, 0.15) is 19.8 Å². The van der Waals surface area contributed by atoms with Gasteiger partial charge in [0.2, 0.25) is 5.91 Å². The molecule has 5 heteroatoms. The summed E-state index contributed by atoms with van der Waals surface area (Å²) in [7, 11) is 0. The van der Waals surface area contributed by atoms with Crippen molar-refractivity contribution in [3.8, 4) is 0 Å². The summed E-state index contributed by atoms with van der Waals surface area (Å²) in [5.41, 5.74) is 5.40. The number of carbonyl (C=O) groups is 1. The molecule has 14 heavy (non-hydrogen) atoms. The first kappa shape index (κ1) is 13.4. The lowest BCUT2D eigenvalue weighted by atomic mass is 10.1. The standard InChI is InChI=1S/C9H20N2O3/c1-7(4-10)2-3-9(14)11-8(5-12)6-13/h7-8,12-13H,2-6,10H2,1H3,(H,11,14). The van der Waals surface area contributed by atoms with Gasteiger partial charge in [-0.15, -0.1) is 0 Å². The number of rotatable bonds is 7. The molecule has 5 nitrogen and oxygen atoms in total. The van der Waals surface area contributed by atoms with Crippen molar-refractivity contribution in [1.29, 1.82) is 0 Å². The summed E-state index contributed by atoms with van der Waals surface area (Å²) in [5, 5.41) is 19.9. The van der Waals surface area contributed by atoms with Crippen molar-refractivity contribution in [1.82, 2.24) is 5.32 Å². The molecule has 0 aliphatic carbocycles. The van der Waals surface area contributed by atoms with Gasteiger partial charge in [-0.25, -0.2) is 0 Å². The van der Waals surface area contributed by atoms with Crippen LogP contribution in [0, 0.1) is 5.92 Å². The van der Waals surface area contributed by atoms with Gasteiger partial charge in [0.25, 0.3) is 0 Å². The smallest absolute Gasteiger partial charge is 0.220 e. The summed E-state index contributed by atoms with van der Waals surface area (Å²) in [6, 6.07) is -0.546. The van der Waals surface area contributed by atoms with Gasteiger partial charge in [-0.2, -0.15) is 0 Å². The Morgan fingerprint density at radius 2 is 2.00 bits per heavy atom. The Morgan fingerprint density at radius 3 is 2.43 bits per heavy atom. The monoisotopic (exact) mass is 204 g/mol. The van der Waals surface area contributed by atoms with Crippen LogP contribution in [0.2, 0.25) is 0 Å². The molecule has 0 bridgehead atoms. The summed E-state index contributed by atoms with van der Waals surface area (Å²) in [4.78, 5) is 11.2. The second-order valence-corrected chi connectivity index (χ2v) is 3.51. The van der Waals surface area contributed by atoms with Gasteiger partial charge in [0.1, 0.15) is 0 Å². The molecule has 1 atom stereocenters. The van der Waals surface area contributed by atoms with Crippen molar-refractivity contribution in [2.24, 2.45) is 11.7 Å². The van der Waals surface area contributed by atoms with E-state index in [2.05, 4.69) is 5.32 Å². The van der Waals surface area contributed by atoms with Gasteiger partial charge in [0.05, 0.1) is 19.3 Å². The van der Waals surface area contributed by atoms with Crippen LogP contribution in [0.3, 0.4) is 0 Å². The molecule has 0 aromatic rings. The molecule has 0 rings (SSSR count). The lowest BCUT2D eigenvalue weighted by Crippen LogP contribution is -2.40. The van der Waals surface area contributed by atoms with Crippen LogP contribution in [0.5, 0.6) is 0 Å². The number of nitrogens with one attached hydrogen (secondary N) is 1. The van der Waals surface area contributed by atoms with E-state index < -0.39 is 6.04 Å². The van der Waals surface area contributed by atoms with Crippen molar-refractivity contribution in [3.05, 3.63) is 0 Å². The molecule has 0 saturated heterocycles. The maximum atomic E-state index is 11.2. The molecule has 0 aliphatic rings. The average molecular weight is 204 g/mol. The van der Waals surface area contributed by atoms with E-state index in [0.29, 0.717) is 18.9 Å². The van der Waals surface area contributed by atoms with Gasteiger partial charge in [-0.1, -0.05) is 6.92 Å². The lowest BCUT2D eigenvalue weighted by Gasteiger charge is -2.14. The molecule has 0 aromatic heterocycles. The van der Waals surface area contributed by atoms with Crippen molar-refractivity contribution >= 4 is 5.91 Å². The summed E-state index contributed by atoms with van der Waals surface area (Å²) in [6.07, 6.45) is 1.11. The molecular formula is C9H20N2O3. The highest BCUT2D eigenvalue weighted by atomic mass is 16.3. The number of hydrogen-bond donors (Lipinski definition) is 4. The van der Waals surface area contributed by atoms with E-state index in [1.165, 1.54) is 0 Å². The summed E-state index contributed by atoms with van der Waals surface area (Å²) < 4.78 is 0. The second-order valence-electron chi connectivity index (χ2n) is 3.51. The number of amides is 1. The van der Waals surface area contributed by atoms with Gasteiger partial charge in [0, 0.05) is 6.42 Å². The van der Waals surface area contributed by atoms with Crippen molar-refractivity contribution < 1.29 is 15.0 Å². The van der Waals surface area contributed by atoms with Crippen LogP contribution < -0.4 is 11.1 Å². The molecule has 0 radical (unpaired) electrons. The van der Waals surface area contributed by atoms with Crippen LogP contribution in [0.25, 0.3) is 0 Å². The predicted octanol–water partition coefficient (Wildman–Crippen LogP) is -1.17. The number of carbonyl (C=O) groups excluding carboxylic acids is 1. The van der Waals surface area contributed by atoms with Crippen molar-refractivity contribution in [2.45, 2.75) is 25.8 Å². The van der Waals surface area contributed by atoms with E-state index in [0.717, 1.165) is 6.42 Å². The van der Waals surface area contributed by atoms with Gasteiger partial charge < -0.3 is 21.3 Å². The maximum Gasteiger partial charge on any atom is 0.220 e. The summed E-state index contributed by atoms with van der Waals surface area (Å²) in [5.74, 6) is 0.167. The van der Waals surface area contributed by atoms with E-state index in [4.69, 9.17) is 15.9 Å². The minimum Gasteiger partial charge on any atom is -0.394 e. The third-order valence-electron chi connectivity index (χ3n) is 2.07. The second kappa shape index (κ2) is 7.73. The Balaban J connectivity index is 3.64. The maximum absolute atomic E-state index is 11.2. The third-order valence-corrected chi connectivity index (χ3v) is 2.07. The highest BCUT2D eigenvalue weighted by Crippen LogP contribution is 2.02. The highest BCUT2D eigenvalue weighted by molar-refractivity contribution is 5.76. The van der Waals surface area contributed by atoms with Gasteiger partial charge in [0.15, 0.2) is 0 Å². The van der Waals surface area contributed by atoms with Crippen molar-refractivity contribution in [3.63, 3.8) is 0 Å². The van der Waals surface area contributed by atoms with Crippen LogP contribution in [0.4, 0.5) is 0 Å². The zero-order valence-corrected chi connectivity index (χ0v) is 8.57. The molecule has 84 valence electrons. The topological polar surface area (TPSA) is 95.6 Å². The summed E-state index contributed by atoms with van der Waals surface area (Å²) in [6.45, 7) is 2.06. The third kappa shape index (κ3) is 5.90. The van der Waals surface area contributed by atoms with E-state index in [9.17, 15) is 4.79 Å². The molecular weight excluding hydrogens is 184 g/mol. The first-order valence-electron chi connectivity index (χ1n) is 4.85. The van der Waals surface area contributed by atoms with E-state index in [-0.39, 0.29) is 19.1 Å². The molecule has 0 aliphatic heterocycles. The Morgan fingerprint density at radius 1 is 1.43 bits per heavy atom. The molecule has 0 saturated carbocycles. The number of hydrogen-bond acceptors (Lipinski definition) is 4. The molecule has 1 amide bonds. The fraction of sp³-hybridized carbons (Fsp3) is 0.889. The first-order chi connectivity index (χ1) is 6.63. The molecule has 5 N–H and O–H groups in total. The zero-order valence-electron chi connectivity index (χ0n) is 8.57. The quantitative estimate of drug-likeness (QED) is 0.420. The SMILES string of the molecule is CC(CN)CCC(=O)NC(CO)CO.